The first kappa shape index (κ1) is 31.8. The number of aromatic nitrogens is 1. The monoisotopic (exact) mass is 622 g/mol. The van der Waals surface area contributed by atoms with Gasteiger partial charge < -0.3 is 29.4 Å². The van der Waals surface area contributed by atoms with Crippen LogP contribution in [0.2, 0.25) is 0 Å². The fourth-order valence-corrected chi connectivity index (χ4v) is 5.99. The highest BCUT2D eigenvalue weighted by Crippen LogP contribution is 2.23. The molecule has 12 nitrogen and oxygen atoms in total. The minimum absolute atomic E-state index is 0.00172. The van der Waals surface area contributed by atoms with E-state index in [1.165, 1.54) is 29.2 Å². The molecule has 1 aromatic heterocycles. The number of para-hydroxylation sites is 3. The maximum absolute atomic E-state index is 13.1. The molecule has 2 N–H and O–H groups in total. The topological polar surface area (TPSA) is 157 Å². The van der Waals surface area contributed by atoms with E-state index < -0.39 is 45.9 Å². The predicted molar refractivity (Wildman–Crippen MR) is 150 cm³/mol. The number of carbonyl (C=O) groups is 3. The molecule has 1 saturated heterocycles. The van der Waals surface area contributed by atoms with E-state index >= 15 is 0 Å². The second-order valence-corrected chi connectivity index (χ2v) is 11.9. The molecule has 0 radical (unpaired) electrons. The van der Waals surface area contributed by atoms with Crippen LogP contribution >= 0.6 is 0 Å². The molecular formula is C28H32F2N4O8S. The summed E-state index contributed by atoms with van der Waals surface area (Å²) in [4.78, 5) is 43.9. The molecule has 0 unspecified atom stereocenters. The Bertz CT molecular complexity index is 1490. The van der Waals surface area contributed by atoms with E-state index in [-0.39, 0.29) is 49.0 Å². The number of alkyl halides is 2. The van der Waals surface area contributed by atoms with Gasteiger partial charge in [-0.1, -0.05) is 30.3 Å². The molecule has 1 fully saturated rings. The molecule has 0 aliphatic carbocycles. The van der Waals surface area contributed by atoms with Crippen LogP contribution in [0, 0.1) is 0 Å². The van der Waals surface area contributed by atoms with Gasteiger partial charge in [0.15, 0.2) is 15.4 Å². The van der Waals surface area contributed by atoms with E-state index in [1.54, 1.807) is 24.3 Å². The van der Waals surface area contributed by atoms with Gasteiger partial charge in [-0.15, -0.1) is 0 Å². The third-order valence-corrected chi connectivity index (χ3v) is 8.15. The van der Waals surface area contributed by atoms with Gasteiger partial charge in [0.05, 0.1) is 24.7 Å². The smallest absolute Gasteiger partial charge is 0.387 e. The fraction of sp³-hybridized carbons (Fsp3) is 0.429. The van der Waals surface area contributed by atoms with Crippen LogP contribution in [0.25, 0.3) is 11.1 Å². The molecule has 0 saturated carbocycles. The zero-order valence-electron chi connectivity index (χ0n) is 23.2. The van der Waals surface area contributed by atoms with Crippen molar-refractivity contribution in [2.75, 3.05) is 38.6 Å². The third-order valence-electron chi connectivity index (χ3n) is 6.56. The zero-order valence-corrected chi connectivity index (χ0v) is 24.0. The van der Waals surface area contributed by atoms with Crippen LogP contribution in [-0.2, 0) is 25.1 Å². The van der Waals surface area contributed by atoms with Gasteiger partial charge in [0.1, 0.15) is 17.3 Å². The van der Waals surface area contributed by atoms with E-state index in [2.05, 4.69) is 20.4 Å². The minimum atomic E-state index is -4.11. The number of carbonyl (C=O) groups excluding carboxylic acids is 3. The molecule has 43 heavy (non-hydrogen) atoms. The van der Waals surface area contributed by atoms with Gasteiger partial charge in [-0.2, -0.15) is 8.78 Å². The standard InChI is InChI=1S/C28H32F2N4O8S/c29-27(30)42-23-10-3-1-7-19(23)17-43(38,39)18-21(33-28(37)34-13-15-40-16-14-34)25(36)31-12-6-5-9-22(35)26-32-20-8-2-4-11-24(20)41-26/h1-4,7-8,10-11,21,27H,5-6,9,12-18H2,(H,31,36)(H,33,37)/t21-/m0/s1. The lowest BCUT2D eigenvalue weighted by Gasteiger charge is -2.29. The third kappa shape index (κ3) is 9.44. The van der Waals surface area contributed by atoms with Crippen molar-refractivity contribution in [3.8, 4) is 5.75 Å². The van der Waals surface area contributed by atoms with Crippen molar-refractivity contribution >= 4 is 38.7 Å². The first-order valence-electron chi connectivity index (χ1n) is 13.6. The molecule has 15 heteroatoms. The maximum Gasteiger partial charge on any atom is 0.387 e. The molecule has 1 aliphatic rings. The van der Waals surface area contributed by atoms with Crippen molar-refractivity contribution in [2.24, 2.45) is 0 Å². The Morgan fingerprint density at radius 2 is 1.74 bits per heavy atom. The van der Waals surface area contributed by atoms with Crippen LogP contribution in [0.4, 0.5) is 13.6 Å². The number of unbranched alkanes of at least 4 members (excludes halogenated alkanes) is 1. The molecule has 232 valence electrons. The lowest BCUT2D eigenvalue weighted by atomic mass is 10.1. The Balaban J connectivity index is 1.34. The number of hydrogen-bond acceptors (Lipinski definition) is 9. The minimum Gasteiger partial charge on any atom is -0.435 e. The lowest BCUT2D eigenvalue weighted by molar-refractivity contribution is -0.122. The molecular weight excluding hydrogens is 590 g/mol. The second-order valence-electron chi connectivity index (χ2n) is 9.80. The first-order valence-corrected chi connectivity index (χ1v) is 15.5. The van der Waals surface area contributed by atoms with Crippen LogP contribution in [0.1, 0.15) is 35.5 Å². The van der Waals surface area contributed by atoms with E-state index in [4.69, 9.17) is 9.15 Å². The molecule has 2 aromatic carbocycles. The molecule has 3 aromatic rings. The number of sulfone groups is 1. The quantitative estimate of drug-likeness (QED) is 0.204. The van der Waals surface area contributed by atoms with Crippen molar-refractivity contribution < 1.29 is 45.5 Å². The molecule has 4 rings (SSSR count). The van der Waals surface area contributed by atoms with E-state index in [0.29, 0.717) is 37.2 Å². The van der Waals surface area contributed by atoms with Crippen LogP contribution in [-0.4, -0.2) is 87.3 Å². The number of urea groups is 1. The van der Waals surface area contributed by atoms with E-state index in [9.17, 15) is 31.6 Å². The Kier molecular flexibility index (Phi) is 11.0. The van der Waals surface area contributed by atoms with Gasteiger partial charge in [0, 0.05) is 31.6 Å². The largest absolute Gasteiger partial charge is 0.435 e. The number of ether oxygens (including phenoxy) is 2. The number of nitrogens with one attached hydrogen (secondary N) is 2. The molecule has 1 aliphatic heterocycles. The van der Waals surface area contributed by atoms with Crippen LogP contribution < -0.4 is 15.4 Å². The molecule has 3 amide bonds. The number of Topliss-reactive ketones (excluding diaryl/α,β-unsaturated/α-hetero) is 1. The number of morpholine rings is 1. The van der Waals surface area contributed by atoms with Crippen molar-refractivity contribution in [2.45, 2.75) is 37.7 Å². The highest BCUT2D eigenvalue weighted by molar-refractivity contribution is 7.90. The van der Waals surface area contributed by atoms with E-state index in [0.717, 1.165) is 0 Å². The maximum atomic E-state index is 13.1. The lowest BCUT2D eigenvalue weighted by Crippen LogP contribution is -2.55. The van der Waals surface area contributed by atoms with Crippen LogP contribution in [0.5, 0.6) is 5.75 Å². The number of ketones is 1. The number of halogens is 2. The summed E-state index contributed by atoms with van der Waals surface area (Å²) >= 11 is 0. The summed E-state index contributed by atoms with van der Waals surface area (Å²) in [5, 5.41) is 5.10. The fourth-order valence-electron chi connectivity index (χ4n) is 4.42. The van der Waals surface area contributed by atoms with Crippen LogP contribution in [0.15, 0.2) is 52.9 Å². The predicted octanol–water partition coefficient (Wildman–Crippen LogP) is 2.92. The number of benzene rings is 2. The van der Waals surface area contributed by atoms with Gasteiger partial charge in [-0.05, 0) is 31.0 Å². The van der Waals surface area contributed by atoms with Crippen molar-refractivity contribution in [1.82, 2.24) is 20.5 Å². The number of oxazole rings is 1. The summed E-state index contributed by atoms with van der Waals surface area (Å²) in [6, 6.07) is 10.3. The average molecular weight is 623 g/mol. The number of amides is 3. The second kappa shape index (κ2) is 14.9. The summed E-state index contributed by atoms with van der Waals surface area (Å²) in [7, 11) is -4.11. The van der Waals surface area contributed by atoms with Gasteiger partial charge in [0.2, 0.25) is 11.7 Å². The number of fused-ring (bicyclic) bond motifs is 1. The number of nitrogens with zero attached hydrogens (tertiary/aromatic N) is 2. The Labute approximate surface area is 246 Å². The summed E-state index contributed by atoms with van der Waals surface area (Å²) in [5.74, 6) is -2.80. The average Bonchev–Trinajstić information content (AvgIpc) is 3.42. The zero-order chi connectivity index (χ0) is 30.8. The molecule has 0 bridgehead atoms. The van der Waals surface area contributed by atoms with Gasteiger partial charge in [-0.3, -0.25) is 9.59 Å². The highest BCUT2D eigenvalue weighted by atomic mass is 32.2. The van der Waals surface area contributed by atoms with Crippen molar-refractivity contribution in [3.63, 3.8) is 0 Å². The first-order chi connectivity index (χ1) is 20.6. The van der Waals surface area contributed by atoms with Crippen molar-refractivity contribution in [1.29, 1.82) is 0 Å². The van der Waals surface area contributed by atoms with E-state index in [1.807, 2.05) is 0 Å². The summed E-state index contributed by atoms with van der Waals surface area (Å²) < 4.78 is 66.9. The number of hydrogen-bond donors (Lipinski definition) is 2. The van der Waals surface area contributed by atoms with Gasteiger partial charge in [-0.25, -0.2) is 18.2 Å². The SMILES string of the molecule is O=C(CCCCNC(=O)[C@H](CS(=O)(=O)Cc1ccccc1OC(F)F)NC(=O)N1CCOCC1)c1nc2ccccc2o1. The summed E-state index contributed by atoms with van der Waals surface area (Å²) in [5.41, 5.74) is 1.07. The summed E-state index contributed by atoms with van der Waals surface area (Å²) in [6.07, 6.45) is 0.892. The molecule has 0 spiro atoms. The van der Waals surface area contributed by atoms with Crippen LogP contribution in [0.3, 0.4) is 0 Å². The molecule has 2 heterocycles. The Morgan fingerprint density at radius 3 is 2.49 bits per heavy atom. The van der Waals surface area contributed by atoms with Crippen molar-refractivity contribution in [3.05, 3.63) is 60.0 Å². The normalized spacial score (nSPS) is 14.4. The number of rotatable bonds is 14. The highest BCUT2D eigenvalue weighted by Gasteiger charge is 2.30. The van der Waals surface area contributed by atoms with Gasteiger partial charge >= 0.3 is 12.6 Å². The van der Waals surface area contributed by atoms with Gasteiger partial charge in [0.25, 0.3) is 5.89 Å². The molecule has 1 atom stereocenters. The summed E-state index contributed by atoms with van der Waals surface area (Å²) in [6.45, 7) is -1.93. The Hall–Kier alpha value is -4.11. The Morgan fingerprint density at radius 1 is 1.02 bits per heavy atom.